The van der Waals surface area contributed by atoms with Crippen molar-refractivity contribution in [3.63, 3.8) is 0 Å². The Balaban J connectivity index is 1.96. The summed E-state index contributed by atoms with van der Waals surface area (Å²) in [5.41, 5.74) is 4.29. The molecule has 0 aliphatic heterocycles. The van der Waals surface area contributed by atoms with Crippen LogP contribution in [0.3, 0.4) is 0 Å². The van der Waals surface area contributed by atoms with E-state index < -0.39 is 0 Å². The minimum atomic E-state index is 0.808. The summed E-state index contributed by atoms with van der Waals surface area (Å²) in [5, 5.41) is 3.40. The first-order chi connectivity index (χ1) is 8.29. The van der Waals surface area contributed by atoms with Crippen molar-refractivity contribution in [2.24, 2.45) is 0 Å². The van der Waals surface area contributed by atoms with Gasteiger partial charge in [0.05, 0.1) is 12.6 Å². The first kappa shape index (κ1) is 12.1. The fraction of sp³-hybridized carbons (Fsp3) is 0.308. The fourth-order valence-electron chi connectivity index (χ4n) is 1.70. The second-order valence-corrected chi connectivity index (χ2v) is 4.86. The van der Waals surface area contributed by atoms with Crippen molar-refractivity contribution in [3.8, 4) is 5.75 Å². The van der Waals surface area contributed by atoms with Crippen LogP contribution in [0.5, 0.6) is 5.75 Å². The van der Waals surface area contributed by atoms with Crippen LogP contribution in [0.25, 0.3) is 0 Å². The molecule has 0 aliphatic carbocycles. The zero-order valence-electron chi connectivity index (χ0n) is 10.1. The van der Waals surface area contributed by atoms with Crippen molar-refractivity contribution in [2.75, 3.05) is 7.11 Å². The third-order valence-electron chi connectivity index (χ3n) is 2.53. The third kappa shape index (κ3) is 3.28. The van der Waals surface area contributed by atoms with Gasteiger partial charge in [-0.05, 0) is 13.0 Å². The molecule has 0 unspecified atom stereocenters. The summed E-state index contributed by atoms with van der Waals surface area (Å²) in [6.07, 6.45) is 1.89. The van der Waals surface area contributed by atoms with Gasteiger partial charge in [0.25, 0.3) is 0 Å². The van der Waals surface area contributed by atoms with Crippen molar-refractivity contribution >= 4 is 11.3 Å². The predicted molar refractivity (Wildman–Crippen MR) is 70.4 cm³/mol. The van der Waals surface area contributed by atoms with Gasteiger partial charge in [-0.1, -0.05) is 17.7 Å². The van der Waals surface area contributed by atoms with Crippen molar-refractivity contribution in [1.82, 2.24) is 10.3 Å². The number of nitrogens with zero attached hydrogens (tertiary/aromatic N) is 1. The Kier molecular flexibility index (Phi) is 4.12. The molecule has 0 amide bonds. The van der Waals surface area contributed by atoms with Gasteiger partial charge in [-0.15, -0.1) is 11.3 Å². The van der Waals surface area contributed by atoms with Gasteiger partial charge in [0.2, 0.25) is 0 Å². The van der Waals surface area contributed by atoms with Gasteiger partial charge < -0.3 is 10.1 Å². The zero-order chi connectivity index (χ0) is 12.1. The number of thiazole rings is 1. The van der Waals surface area contributed by atoms with E-state index in [1.54, 1.807) is 18.4 Å². The molecule has 4 heteroatoms. The van der Waals surface area contributed by atoms with Gasteiger partial charge in [0, 0.05) is 29.7 Å². The lowest BCUT2D eigenvalue weighted by molar-refractivity contribution is 0.407. The lowest BCUT2D eigenvalue weighted by atomic mass is 10.1. The van der Waals surface area contributed by atoms with Crippen LogP contribution in [0.15, 0.2) is 29.9 Å². The normalized spacial score (nSPS) is 10.5. The number of rotatable bonds is 5. The molecule has 1 heterocycles. The lowest BCUT2D eigenvalue weighted by Gasteiger charge is -2.10. The number of benzene rings is 1. The monoisotopic (exact) mass is 248 g/mol. The lowest BCUT2D eigenvalue weighted by Crippen LogP contribution is -2.12. The summed E-state index contributed by atoms with van der Waals surface area (Å²) in [5.74, 6) is 0.937. The Labute approximate surface area is 105 Å². The summed E-state index contributed by atoms with van der Waals surface area (Å²) >= 11 is 1.67. The highest BCUT2D eigenvalue weighted by Crippen LogP contribution is 2.19. The number of hydrogen-bond donors (Lipinski definition) is 1. The number of nitrogens with one attached hydrogen (secondary N) is 1. The van der Waals surface area contributed by atoms with E-state index in [9.17, 15) is 0 Å². The van der Waals surface area contributed by atoms with Crippen molar-refractivity contribution in [1.29, 1.82) is 0 Å². The molecule has 1 aromatic heterocycles. The molecule has 0 bridgehead atoms. The molecular weight excluding hydrogens is 232 g/mol. The van der Waals surface area contributed by atoms with Crippen LogP contribution in [0.4, 0.5) is 0 Å². The van der Waals surface area contributed by atoms with Gasteiger partial charge in [0.1, 0.15) is 5.75 Å². The highest BCUT2D eigenvalue weighted by Gasteiger charge is 2.03. The SMILES string of the molecule is COc1ccc(C)cc1CNCc1cncs1. The number of aromatic nitrogens is 1. The molecule has 3 nitrogen and oxygen atoms in total. The number of hydrogen-bond acceptors (Lipinski definition) is 4. The molecule has 1 aromatic carbocycles. The van der Waals surface area contributed by atoms with E-state index in [0.29, 0.717) is 0 Å². The Hall–Kier alpha value is -1.39. The maximum Gasteiger partial charge on any atom is 0.123 e. The standard InChI is InChI=1S/C13H16N2OS/c1-10-3-4-13(16-2)11(5-10)6-14-7-12-8-15-9-17-12/h3-5,8-9,14H,6-7H2,1-2H3. The maximum atomic E-state index is 5.34. The number of ether oxygens (including phenoxy) is 1. The highest BCUT2D eigenvalue weighted by atomic mass is 32.1. The second kappa shape index (κ2) is 5.80. The quantitative estimate of drug-likeness (QED) is 0.883. The van der Waals surface area contributed by atoms with Crippen LogP contribution in [0.1, 0.15) is 16.0 Å². The Bertz CT molecular complexity index is 468. The Morgan fingerprint density at radius 3 is 2.94 bits per heavy atom. The summed E-state index contributed by atoms with van der Waals surface area (Å²) < 4.78 is 5.34. The predicted octanol–water partition coefficient (Wildman–Crippen LogP) is 2.75. The smallest absolute Gasteiger partial charge is 0.123 e. The van der Waals surface area contributed by atoms with E-state index in [2.05, 4.69) is 29.4 Å². The van der Waals surface area contributed by atoms with Crippen LogP contribution in [-0.2, 0) is 13.1 Å². The molecule has 0 aliphatic rings. The molecule has 2 rings (SSSR count). The van der Waals surface area contributed by atoms with E-state index in [0.717, 1.165) is 18.8 Å². The molecule has 17 heavy (non-hydrogen) atoms. The van der Waals surface area contributed by atoms with Crippen LogP contribution < -0.4 is 10.1 Å². The fourth-order valence-corrected chi connectivity index (χ4v) is 2.26. The molecular formula is C13H16N2OS. The van der Waals surface area contributed by atoms with Crippen LogP contribution in [0, 0.1) is 6.92 Å². The van der Waals surface area contributed by atoms with E-state index in [1.165, 1.54) is 16.0 Å². The average molecular weight is 248 g/mol. The summed E-state index contributed by atoms with van der Waals surface area (Å²) in [4.78, 5) is 5.30. The van der Waals surface area contributed by atoms with Crippen molar-refractivity contribution in [3.05, 3.63) is 45.9 Å². The number of aryl methyl sites for hydroxylation is 1. The average Bonchev–Trinajstić information content (AvgIpc) is 2.82. The molecule has 0 spiro atoms. The molecule has 0 saturated heterocycles. The zero-order valence-corrected chi connectivity index (χ0v) is 10.9. The van der Waals surface area contributed by atoms with E-state index in [4.69, 9.17) is 4.74 Å². The van der Waals surface area contributed by atoms with E-state index >= 15 is 0 Å². The Morgan fingerprint density at radius 1 is 1.35 bits per heavy atom. The van der Waals surface area contributed by atoms with Gasteiger partial charge in [-0.2, -0.15) is 0 Å². The highest BCUT2D eigenvalue weighted by molar-refractivity contribution is 7.09. The minimum absolute atomic E-state index is 0.808. The van der Waals surface area contributed by atoms with Crippen molar-refractivity contribution in [2.45, 2.75) is 20.0 Å². The van der Waals surface area contributed by atoms with Crippen LogP contribution >= 0.6 is 11.3 Å². The van der Waals surface area contributed by atoms with Crippen LogP contribution in [-0.4, -0.2) is 12.1 Å². The maximum absolute atomic E-state index is 5.34. The molecule has 1 N–H and O–H groups in total. The molecule has 0 atom stereocenters. The largest absolute Gasteiger partial charge is 0.496 e. The number of methoxy groups -OCH3 is 1. The minimum Gasteiger partial charge on any atom is -0.496 e. The van der Waals surface area contributed by atoms with Crippen LogP contribution in [0.2, 0.25) is 0 Å². The van der Waals surface area contributed by atoms with Gasteiger partial charge in [-0.3, -0.25) is 4.98 Å². The summed E-state index contributed by atoms with van der Waals surface area (Å²) in [6, 6.07) is 6.23. The topological polar surface area (TPSA) is 34.1 Å². The van der Waals surface area contributed by atoms with Crippen molar-refractivity contribution < 1.29 is 4.74 Å². The first-order valence-electron chi connectivity index (χ1n) is 5.51. The molecule has 90 valence electrons. The Morgan fingerprint density at radius 2 is 2.24 bits per heavy atom. The first-order valence-corrected chi connectivity index (χ1v) is 6.39. The summed E-state index contributed by atoms with van der Waals surface area (Å²) in [6.45, 7) is 3.75. The molecule has 0 radical (unpaired) electrons. The third-order valence-corrected chi connectivity index (χ3v) is 3.31. The van der Waals surface area contributed by atoms with E-state index in [1.807, 2.05) is 17.8 Å². The van der Waals surface area contributed by atoms with Gasteiger partial charge in [0.15, 0.2) is 0 Å². The molecule has 0 saturated carbocycles. The molecule has 0 fully saturated rings. The second-order valence-electron chi connectivity index (χ2n) is 3.89. The summed E-state index contributed by atoms with van der Waals surface area (Å²) in [7, 11) is 1.71. The van der Waals surface area contributed by atoms with Gasteiger partial charge >= 0.3 is 0 Å². The molecule has 2 aromatic rings. The van der Waals surface area contributed by atoms with Gasteiger partial charge in [-0.25, -0.2) is 0 Å². The van der Waals surface area contributed by atoms with E-state index in [-0.39, 0.29) is 0 Å².